The van der Waals surface area contributed by atoms with E-state index in [0.29, 0.717) is 24.7 Å². The van der Waals surface area contributed by atoms with Crippen molar-refractivity contribution in [3.63, 3.8) is 0 Å². The summed E-state index contributed by atoms with van der Waals surface area (Å²) in [5.74, 6) is 0.433. The molecule has 1 unspecified atom stereocenters. The van der Waals surface area contributed by atoms with Crippen molar-refractivity contribution in [3.05, 3.63) is 11.9 Å². The smallest absolute Gasteiger partial charge is 0.249 e. The first-order valence-corrected chi connectivity index (χ1v) is 5.71. The Bertz CT molecular complexity index is 438. The number of piperidine rings is 1. The van der Waals surface area contributed by atoms with Crippen molar-refractivity contribution in [2.24, 2.45) is 0 Å². The first-order valence-electron chi connectivity index (χ1n) is 5.71. The van der Waals surface area contributed by atoms with Crippen LogP contribution in [-0.2, 0) is 9.59 Å². The Morgan fingerprint density at radius 3 is 2.82 bits per heavy atom. The quantitative estimate of drug-likeness (QED) is 0.676. The number of imide groups is 1. The molecule has 0 radical (unpaired) electrons. The lowest BCUT2D eigenvalue weighted by Crippen LogP contribution is -2.47. The van der Waals surface area contributed by atoms with Gasteiger partial charge in [-0.1, -0.05) is 13.8 Å². The van der Waals surface area contributed by atoms with E-state index in [9.17, 15) is 9.59 Å². The van der Waals surface area contributed by atoms with Gasteiger partial charge in [-0.05, 0) is 12.3 Å². The standard InChI is InChI=1S/C11H16N4O2/c1-6(2)8-5-12-11(14-8)13-7-3-4-9(16)15-10(7)17/h5-7H,3-4H2,1-2H3,(H2,12,13,14)(H,15,16,17). The van der Waals surface area contributed by atoms with Crippen LogP contribution in [0.2, 0.25) is 0 Å². The first kappa shape index (κ1) is 11.6. The average Bonchev–Trinajstić information content (AvgIpc) is 2.71. The number of hydrogen-bond acceptors (Lipinski definition) is 4. The van der Waals surface area contributed by atoms with E-state index in [0.717, 1.165) is 5.69 Å². The van der Waals surface area contributed by atoms with Crippen LogP contribution >= 0.6 is 0 Å². The van der Waals surface area contributed by atoms with E-state index in [-0.39, 0.29) is 17.9 Å². The number of nitrogens with one attached hydrogen (secondary N) is 3. The van der Waals surface area contributed by atoms with Crippen LogP contribution < -0.4 is 10.6 Å². The zero-order chi connectivity index (χ0) is 12.4. The fraction of sp³-hybridized carbons (Fsp3) is 0.545. The number of amides is 2. The van der Waals surface area contributed by atoms with Gasteiger partial charge in [0.2, 0.25) is 17.8 Å². The Balaban J connectivity index is 2.00. The number of H-pyrrole nitrogens is 1. The van der Waals surface area contributed by atoms with Crippen molar-refractivity contribution in [1.29, 1.82) is 0 Å². The van der Waals surface area contributed by atoms with E-state index in [1.165, 1.54) is 0 Å². The van der Waals surface area contributed by atoms with Gasteiger partial charge in [0, 0.05) is 12.1 Å². The third kappa shape index (κ3) is 2.64. The minimum atomic E-state index is -0.390. The SMILES string of the molecule is CC(C)c1cnc(NC2CCC(=O)NC2=O)[nH]1. The van der Waals surface area contributed by atoms with Gasteiger partial charge in [0.1, 0.15) is 6.04 Å². The minimum absolute atomic E-state index is 0.213. The highest BCUT2D eigenvalue weighted by molar-refractivity contribution is 6.01. The summed E-state index contributed by atoms with van der Waals surface area (Å²) in [5.41, 5.74) is 1.01. The third-order valence-electron chi connectivity index (χ3n) is 2.77. The zero-order valence-corrected chi connectivity index (χ0v) is 9.91. The van der Waals surface area contributed by atoms with Crippen molar-refractivity contribution < 1.29 is 9.59 Å². The van der Waals surface area contributed by atoms with Gasteiger partial charge in [-0.3, -0.25) is 14.9 Å². The van der Waals surface area contributed by atoms with E-state index < -0.39 is 0 Å². The Labute approximate surface area is 99.2 Å². The highest BCUT2D eigenvalue weighted by Crippen LogP contribution is 2.15. The molecule has 6 nitrogen and oxygen atoms in total. The molecule has 2 rings (SSSR count). The molecule has 0 saturated carbocycles. The van der Waals surface area contributed by atoms with Gasteiger partial charge < -0.3 is 10.3 Å². The lowest BCUT2D eigenvalue weighted by molar-refractivity contribution is -0.133. The van der Waals surface area contributed by atoms with Crippen LogP contribution in [0.25, 0.3) is 0 Å². The van der Waals surface area contributed by atoms with Gasteiger partial charge in [0.25, 0.3) is 0 Å². The molecule has 1 saturated heterocycles. The maximum Gasteiger partial charge on any atom is 0.249 e. The number of hydrogen-bond donors (Lipinski definition) is 3. The highest BCUT2D eigenvalue weighted by atomic mass is 16.2. The molecule has 0 spiro atoms. The molecule has 0 aromatic carbocycles. The van der Waals surface area contributed by atoms with Crippen molar-refractivity contribution in [1.82, 2.24) is 15.3 Å². The molecule has 1 aliphatic rings. The molecule has 0 aliphatic carbocycles. The van der Waals surface area contributed by atoms with Crippen molar-refractivity contribution in [2.45, 2.75) is 38.6 Å². The Kier molecular flexibility index (Phi) is 3.12. The predicted molar refractivity (Wildman–Crippen MR) is 62.5 cm³/mol. The van der Waals surface area contributed by atoms with Crippen LogP contribution in [0.4, 0.5) is 5.95 Å². The molecule has 6 heteroatoms. The van der Waals surface area contributed by atoms with Crippen LogP contribution in [0, 0.1) is 0 Å². The Morgan fingerprint density at radius 1 is 1.47 bits per heavy atom. The van der Waals surface area contributed by atoms with Gasteiger partial charge in [0.15, 0.2) is 0 Å². The summed E-state index contributed by atoms with van der Waals surface area (Å²) in [6.07, 6.45) is 2.61. The monoisotopic (exact) mass is 236 g/mol. The fourth-order valence-corrected chi connectivity index (χ4v) is 1.70. The fourth-order valence-electron chi connectivity index (χ4n) is 1.70. The van der Waals surface area contributed by atoms with E-state index >= 15 is 0 Å². The van der Waals surface area contributed by atoms with Crippen LogP contribution in [0.3, 0.4) is 0 Å². The summed E-state index contributed by atoms with van der Waals surface area (Å²) in [7, 11) is 0. The molecular formula is C11H16N4O2. The molecular weight excluding hydrogens is 220 g/mol. The molecule has 1 aromatic heterocycles. The summed E-state index contributed by atoms with van der Waals surface area (Å²) in [6.45, 7) is 4.12. The number of nitrogens with zero attached hydrogens (tertiary/aromatic N) is 1. The van der Waals surface area contributed by atoms with Crippen molar-refractivity contribution in [3.8, 4) is 0 Å². The largest absolute Gasteiger partial charge is 0.344 e. The number of imidazole rings is 1. The summed E-state index contributed by atoms with van der Waals surface area (Å²) >= 11 is 0. The second-order valence-electron chi connectivity index (χ2n) is 4.49. The summed E-state index contributed by atoms with van der Waals surface area (Å²) in [5, 5.41) is 5.29. The summed E-state index contributed by atoms with van der Waals surface area (Å²) in [6, 6.07) is -0.390. The van der Waals surface area contributed by atoms with Gasteiger partial charge in [-0.25, -0.2) is 4.98 Å². The molecule has 1 fully saturated rings. The lowest BCUT2D eigenvalue weighted by atomic mass is 10.1. The predicted octanol–water partition coefficient (Wildman–Crippen LogP) is 0.750. The van der Waals surface area contributed by atoms with E-state index in [1.807, 2.05) is 0 Å². The number of anilines is 1. The van der Waals surface area contributed by atoms with Gasteiger partial charge in [-0.2, -0.15) is 0 Å². The van der Waals surface area contributed by atoms with Gasteiger partial charge >= 0.3 is 0 Å². The molecule has 92 valence electrons. The van der Waals surface area contributed by atoms with E-state index in [2.05, 4.69) is 34.4 Å². The summed E-state index contributed by atoms with van der Waals surface area (Å²) in [4.78, 5) is 29.8. The van der Waals surface area contributed by atoms with Crippen LogP contribution in [0.1, 0.15) is 38.3 Å². The average molecular weight is 236 g/mol. The zero-order valence-electron chi connectivity index (χ0n) is 9.91. The van der Waals surface area contributed by atoms with E-state index in [4.69, 9.17) is 0 Å². The molecule has 17 heavy (non-hydrogen) atoms. The lowest BCUT2D eigenvalue weighted by Gasteiger charge is -2.21. The minimum Gasteiger partial charge on any atom is -0.344 e. The molecule has 2 amide bonds. The topological polar surface area (TPSA) is 86.9 Å². The number of rotatable bonds is 3. The number of aromatic amines is 1. The molecule has 1 aliphatic heterocycles. The number of aromatic nitrogens is 2. The number of carbonyl (C=O) groups is 2. The first-order chi connectivity index (χ1) is 8.06. The second-order valence-corrected chi connectivity index (χ2v) is 4.49. The molecule has 1 atom stereocenters. The Hall–Kier alpha value is -1.85. The molecule has 1 aromatic rings. The third-order valence-corrected chi connectivity index (χ3v) is 2.77. The van der Waals surface area contributed by atoms with Crippen molar-refractivity contribution in [2.75, 3.05) is 5.32 Å². The van der Waals surface area contributed by atoms with Gasteiger partial charge in [-0.15, -0.1) is 0 Å². The van der Waals surface area contributed by atoms with Crippen LogP contribution in [0.5, 0.6) is 0 Å². The Morgan fingerprint density at radius 2 is 2.24 bits per heavy atom. The number of carbonyl (C=O) groups excluding carboxylic acids is 2. The highest BCUT2D eigenvalue weighted by Gasteiger charge is 2.26. The molecule has 2 heterocycles. The van der Waals surface area contributed by atoms with Crippen molar-refractivity contribution >= 4 is 17.8 Å². The maximum atomic E-state index is 11.5. The molecule has 0 bridgehead atoms. The van der Waals surface area contributed by atoms with Gasteiger partial charge in [0.05, 0.1) is 6.20 Å². The second kappa shape index (κ2) is 4.57. The maximum absolute atomic E-state index is 11.5. The normalized spacial score (nSPS) is 20.5. The van der Waals surface area contributed by atoms with E-state index in [1.54, 1.807) is 6.20 Å². The van der Waals surface area contributed by atoms with Crippen LogP contribution in [0.15, 0.2) is 6.20 Å². The molecule has 3 N–H and O–H groups in total. The summed E-state index contributed by atoms with van der Waals surface area (Å²) < 4.78 is 0. The van der Waals surface area contributed by atoms with Crippen LogP contribution in [-0.4, -0.2) is 27.8 Å².